The molecule has 2 rings (SSSR count). The molecule has 0 saturated heterocycles. The molecule has 2 aromatic rings. The third-order valence-corrected chi connectivity index (χ3v) is 2.15. The summed E-state index contributed by atoms with van der Waals surface area (Å²) >= 11 is 0. The smallest absolute Gasteiger partial charge is 0.308 e. The van der Waals surface area contributed by atoms with E-state index in [1.165, 1.54) is 16.8 Å². The highest BCUT2D eigenvalue weighted by molar-refractivity contribution is 5.70. The summed E-state index contributed by atoms with van der Waals surface area (Å²) in [6.07, 6.45) is 2.41. The first kappa shape index (κ1) is 10.2. The van der Waals surface area contributed by atoms with E-state index in [-0.39, 0.29) is 17.5 Å². The fourth-order valence-corrected chi connectivity index (χ4v) is 1.41. The van der Waals surface area contributed by atoms with Gasteiger partial charge in [0.1, 0.15) is 5.65 Å². The second kappa shape index (κ2) is 3.65. The SMILES string of the molecule is Nc1ccn2c(=O)c(CC(=O)O)cnc2c1. The van der Waals surface area contributed by atoms with Gasteiger partial charge in [-0.1, -0.05) is 0 Å². The van der Waals surface area contributed by atoms with Crippen LogP contribution in [0.25, 0.3) is 5.65 Å². The summed E-state index contributed by atoms with van der Waals surface area (Å²) in [4.78, 5) is 26.3. The predicted octanol–water partition coefficient (Wildman–Crippen LogP) is -0.0962. The number of hydrogen-bond donors (Lipinski definition) is 2. The maximum atomic E-state index is 11.8. The first-order chi connectivity index (χ1) is 7.58. The van der Waals surface area contributed by atoms with E-state index in [9.17, 15) is 9.59 Å². The minimum absolute atomic E-state index is 0.148. The molecule has 2 heterocycles. The van der Waals surface area contributed by atoms with E-state index in [1.807, 2.05) is 0 Å². The molecule has 6 heteroatoms. The fourth-order valence-electron chi connectivity index (χ4n) is 1.41. The van der Waals surface area contributed by atoms with E-state index in [0.29, 0.717) is 11.3 Å². The molecule has 0 radical (unpaired) electrons. The van der Waals surface area contributed by atoms with Gasteiger partial charge in [-0.2, -0.15) is 0 Å². The Balaban J connectivity index is 2.66. The molecule has 0 bridgehead atoms. The van der Waals surface area contributed by atoms with Crippen molar-refractivity contribution in [2.45, 2.75) is 6.42 Å². The minimum Gasteiger partial charge on any atom is -0.481 e. The van der Waals surface area contributed by atoms with Crippen LogP contribution in [0.15, 0.2) is 29.3 Å². The van der Waals surface area contributed by atoms with Gasteiger partial charge in [-0.05, 0) is 6.07 Å². The number of anilines is 1. The molecule has 2 aromatic heterocycles. The first-order valence-corrected chi connectivity index (χ1v) is 4.55. The Morgan fingerprint density at radius 1 is 1.56 bits per heavy atom. The lowest BCUT2D eigenvalue weighted by Gasteiger charge is -2.02. The van der Waals surface area contributed by atoms with Gasteiger partial charge in [0.25, 0.3) is 5.56 Å². The van der Waals surface area contributed by atoms with Crippen LogP contribution in [-0.2, 0) is 11.2 Å². The zero-order chi connectivity index (χ0) is 11.7. The van der Waals surface area contributed by atoms with Crippen LogP contribution in [-0.4, -0.2) is 20.5 Å². The molecule has 0 atom stereocenters. The van der Waals surface area contributed by atoms with E-state index in [1.54, 1.807) is 12.1 Å². The maximum Gasteiger partial charge on any atom is 0.308 e. The number of aromatic nitrogens is 2. The summed E-state index contributed by atoms with van der Waals surface area (Å²) < 4.78 is 1.27. The second-order valence-electron chi connectivity index (χ2n) is 3.35. The number of carboxylic acids is 1. The van der Waals surface area contributed by atoms with E-state index >= 15 is 0 Å². The molecule has 0 saturated carbocycles. The molecule has 3 N–H and O–H groups in total. The lowest BCUT2D eigenvalue weighted by molar-refractivity contribution is -0.136. The number of nitrogens with zero attached hydrogens (tertiary/aromatic N) is 2. The second-order valence-corrected chi connectivity index (χ2v) is 3.35. The van der Waals surface area contributed by atoms with Crippen molar-refractivity contribution in [2.75, 3.05) is 5.73 Å². The van der Waals surface area contributed by atoms with Crippen molar-refractivity contribution in [3.8, 4) is 0 Å². The van der Waals surface area contributed by atoms with Crippen molar-refractivity contribution in [1.29, 1.82) is 0 Å². The number of nitrogens with two attached hydrogens (primary N) is 1. The topological polar surface area (TPSA) is 97.7 Å². The number of aliphatic carboxylic acids is 1. The number of fused-ring (bicyclic) bond motifs is 1. The Morgan fingerprint density at radius 3 is 3.00 bits per heavy atom. The van der Waals surface area contributed by atoms with Gasteiger partial charge >= 0.3 is 5.97 Å². The van der Waals surface area contributed by atoms with Crippen molar-refractivity contribution in [1.82, 2.24) is 9.38 Å². The zero-order valence-electron chi connectivity index (χ0n) is 8.25. The van der Waals surface area contributed by atoms with Gasteiger partial charge in [0.05, 0.1) is 6.42 Å². The van der Waals surface area contributed by atoms with Crippen molar-refractivity contribution < 1.29 is 9.90 Å². The summed E-state index contributed by atoms with van der Waals surface area (Å²) in [5, 5.41) is 8.61. The monoisotopic (exact) mass is 219 g/mol. The van der Waals surface area contributed by atoms with Crippen LogP contribution < -0.4 is 11.3 Å². The molecule has 0 aliphatic rings. The van der Waals surface area contributed by atoms with Gasteiger partial charge < -0.3 is 10.8 Å². The third kappa shape index (κ3) is 1.72. The Kier molecular flexibility index (Phi) is 2.32. The van der Waals surface area contributed by atoms with Crippen LogP contribution in [0.5, 0.6) is 0 Å². The highest BCUT2D eigenvalue weighted by Gasteiger charge is 2.08. The number of pyridine rings is 1. The maximum absolute atomic E-state index is 11.8. The standard InChI is InChI=1S/C10H9N3O3/c11-7-1-2-13-8(4-7)12-5-6(10(13)16)3-9(14)15/h1-2,4-5H,3,11H2,(H,14,15). The van der Waals surface area contributed by atoms with Gasteiger partial charge in [0.15, 0.2) is 0 Å². The van der Waals surface area contributed by atoms with Crippen LogP contribution >= 0.6 is 0 Å². The van der Waals surface area contributed by atoms with Gasteiger partial charge in [0, 0.05) is 29.7 Å². The lowest BCUT2D eigenvalue weighted by Crippen LogP contribution is -2.21. The molecular weight excluding hydrogens is 210 g/mol. The predicted molar refractivity (Wildman–Crippen MR) is 57.2 cm³/mol. The van der Waals surface area contributed by atoms with Crippen molar-refractivity contribution in [3.05, 3.63) is 40.4 Å². The molecule has 0 spiro atoms. The van der Waals surface area contributed by atoms with Crippen LogP contribution in [0.3, 0.4) is 0 Å². The largest absolute Gasteiger partial charge is 0.481 e. The Bertz CT molecular complexity index is 618. The number of carbonyl (C=O) groups is 1. The molecule has 6 nitrogen and oxygen atoms in total. The van der Waals surface area contributed by atoms with Crippen LogP contribution in [0.4, 0.5) is 5.69 Å². The average Bonchev–Trinajstić information content (AvgIpc) is 2.22. The molecule has 0 aromatic carbocycles. The fraction of sp³-hybridized carbons (Fsp3) is 0.100. The first-order valence-electron chi connectivity index (χ1n) is 4.55. The summed E-state index contributed by atoms with van der Waals surface area (Å²) in [5.74, 6) is -1.06. The molecule has 0 aliphatic carbocycles. The van der Waals surface area contributed by atoms with E-state index in [2.05, 4.69) is 4.98 Å². The Morgan fingerprint density at radius 2 is 2.31 bits per heavy atom. The van der Waals surface area contributed by atoms with Crippen LogP contribution in [0.1, 0.15) is 5.56 Å². The zero-order valence-corrected chi connectivity index (χ0v) is 8.25. The average molecular weight is 219 g/mol. The Hall–Kier alpha value is -2.37. The Labute approximate surface area is 90.0 Å². The van der Waals surface area contributed by atoms with Crippen LogP contribution in [0.2, 0.25) is 0 Å². The van der Waals surface area contributed by atoms with E-state index in [0.717, 1.165) is 0 Å². The van der Waals surface area contributed by atoms with Crippen LogP contribution in [0, 0.1) is 0 Å². The molecule has 0 amide bonds. The minimum atomic E-state index is -1.06. The molecule has 0 aliphatic heterocycles. The number of rotatable bonds is 2. The van der Waals surface area contributed by atoms with Crippen molar-refractivity contribution in [2.24, 2.45) is 0 Å². The van der Waals surface area contributed by atoms with Gasteiger partial charge in [-0.3, -0.25) is 14.0 Å². The van der Waals surface area contributed by atoms with E-state index in [4.69, 9.17) is 10.8 Å². The third-order valence-electron chi connectivity index (χ3n) is 2.15. The highest BCUT2D eigenvalue weighted by atomic mass is 16.4. The van der Waals surface area contributed by atoms with Crippen molar-refractivity contribution >= 4 is 17.3 Å². The van der Waals surface area contributed by atoms with Gasteiger partial charge in [-0.15, -0.1) is 0 Å². The summed E-state index contributed by atoms with van der Waals surface area (Å²) in [7, 11) is 0. The number of carboxylic acid groups (broad SMARTS) is 1. The molecule has 16 heavy (non-hydrogen) atoms. The quantitative estimate of drug-likeness (QED) is 0.735. The lowest BCUT2D eigenvalue weighted by atomic mass is 10.2. The van der Waals surface area contributed by atoms with Gasteiger partial charge in [0.2, 0.25) is 0 Å². The molecule has 0 fully saturated rings. The molecule has 82 valence electrons. The molecule has 0 unspecified atom stereocenters. The summed E-state index contributed by atoms with van der Waals surface area (Å²) in [5.41, 5.74) is 6.21. The van der Waals surface area contributed by atoms with E-state index < -0.39 is 5.97 Å². The van der Waals surface area contributed by atoms with Crippen molar-refractivity contribution in [3.63, 3.8) is 0 Å². The number of nitrogen functional groups attached to an aromatic ring is 1. The summed E-state index contributed by atoms with van der Waals surface area (Å²) in [6, 6.07) is 3.10. The normalized spacial score (nSPS) is 10.5. The summed E-state index contributed by atoms with van der Waals surface area (Å²) in [6.45, 7) is 0. The van der Waals surface area contributed by atoms with Gasteiger partial charge in [-0.25, -0.2) is 4.98 Å². The molecular formula is C10H9N3O3. The number of hydrogen-bond acceptors (Lipinski definition) is 4. The highest BCUT2D eigenvalue weighted by Crippen LogP contribution is 2.04.